The Labute approximate surface area is 100 Å². The number of aromatic nitrogens is 2. The van der Waals surface area contributed by atoms with Crippen LogP contribution >= 0.6 is 0 Å². The molecule has 0 aliphatic carbocycles. The summed E-state index contributed by atoms with van der Waals surface area (Å²) in [5.74, 6) is -0.265. The number of anilines is 1. The van der Waals surface area contributed by atoms with Gasteiger partial charge >= 0.3 is 5.97 Å². The van der Waals surface area contributed by atoms with E-state index in [4.69, 9.17) is 5.11 Å². The lowest BCUT2D eigenvalue weighted by atomic mass is 9.97. The quantitative estimate of drug-likeness (QED) is 0.848. The summed E-state index contributed by atoms with van der Waals surface area (Å²) in [6.45, 7) is 4.34. The summed E-state index contributed by atoms with van der Waals surface area (Å²) in [7, 11) is 0. The lowest BCUT2D eigenvalue weighted by Crippen LogP contribution is -2.44. The standard InChI is InChI=1S/C12H17N3O2/c1-8-4-3-5-9(2)15(8)11-7-6-10(12(16)17)13-14-11/h6-9H,3-5H2,1-2H3,(H,16,17)/t8-,9-/m1/s1. The zero-order chi connectivity index (χ0) is 12.4. The third-order valence-electron chi connectivity index (χ3n) is 3.33. The molecule has 0 bridgehead atoms. The zero-order valence-corrected chi connectivity index (χ0v) is 10.1. The van der Waals surface area contributed by atoms with Crippen molar-refractivity contribution in [3.63, 3.8) is 0 Å². The molecule has 0 aromatic carbocycles. The van der Waals surface area contributed by atoms with Gasteiger partial charge in [-0.15, -0.1) is 10.2 Å². The van der Waals surface area contributed by atoms with Gasteiger partial charge in [0, 0.05) is 12.1 Å². The maximum Gasteiger partial charge on any atom is 0.356 e. The molecular weight excluding hydrogens is 218 g/mol. The predicted molar refractivity (Wildman–Crippen MR) is 64.2 cm³/mol. The van der Waals surface area contributed by atoms with Gasteiger partial charge in [-0.2, -0.15) is 0 Å². The lowest BCUT2D eigenvalue weighted by molar-refractivity contribution is 0.0689. The van der Waals surface area contributed by atoms with Gasteiger partial charge in [-0.3, -0.25) is 0 Å². The zero-order valence-electron chi connectivity index (χ0n) is 10.1. The van der Waals surface area contributed by atoms with Crippen molar-refractivity contribution in [3.05, 3.63) is 17.8 Å². The minimum absolute atomic E-state index is 0.00827. The van der Waals surface area contributed by atoms with Gasteiger partial charge in [0.15, 0.2) is 11.5 Å². The summed E-state index contributed by atoms with van der Waals surface area (Å²) < 4.78 is 0. The highest BCUT2D eigenvalue weighted by Gasteiger charge is 2.26. The van der Waals surface area contributed by atoms with Gasteiger partial charge in [-0.05, 0) is 45.2 Å². The average molecular weight is 235 g/mol. The number of piperidine rings is 1. The molecule has 2 atom stereocenters. The van der Waals surface area contributed by atoms with Gasteiger partial charge in [0.25, 0.3) is 0 Å². The van der Waals surface area contributed by atoms with Crippen LogP contribution in [0.5, 0.6) is 0 Å². The van der Waals surface area contributed by atoms with Gasteiger partial charge in [0.1, 0.15) is 0 Å². The molecule has 5 nitrogen and oxygen atoms in total. The molecule has 1 aliphatic heterocycles. The Balaban J connectivity index is 2.23. The second kappa shape index (κ2) is 4.69. The van der Waals surface area contributed by atoms with Crippen LogP contribution in [0.2, 0.25) is 0 Å². The maximum absolute atomic E-state index is 10.7. The first-order valence-electron chi connectivity index (χ1n) is 5.95. The topological polar surface area (TPSA) is 66.3 Å². The lowest BCUT2D eigenvalue weighted by Gasteiger charge is -2.39. The van der Waals surface area contributed by atoms with Gasteiger partial charge in [0.2, 0.25) is 0 Å². The van der Waals surface area contributed by atoms with Crippen molar-refractivity contribution in [2.75, 3.05) is 4.90 Å². The summed E-state index contributed by atoms with van der Waals surface area (Å²) in [5.41, 5.74) is -0.00827. The van der Waals surface area contributed by atoms with Crippen LogP contribution in [-0.4, -0.2) is 33.4 Å². The van der Waals surface area contributed by atoms with Crippen molar-refractivity contribution < 1.29 is 9.90 Å². The molecule has 0 radical (unpaired) electrons. The smallest absolute Gasteiger partial charge is 0.356 e. The van der Waals surface area contributed by atoms with Crippen LogP contribution in [0.15, 0.2) is 12.1 Å². The van der Waals surface area contributed by atoms with Crippen molar-refractivity contribution >= 4 is 11.8 Å². The Morgan fingerprint density at radius 2 is 1.94 bits per heavy atom. The monoisotopic (exact) mass is 235 g/mol. The van der Waals surface area contributed by atoms with Crippen LogP contribution in [-0.2, 0) is 0 Å². The van der Waals surface area contributed by atoms with Gasteiger partial charge in [0.05, 0.1) is 0 Å². The van der Waals surface area contributed by atoms with Crippen molar-refractivity contribution in [1.82, 2.24) is 10.2 Å². The molecule has 0 amide bonds. The molecule has 1 fully saturated rings. The van der Waals surface area contributed by atoms with E-state index in [0.717, 1.165) is 18.7 Å². The molecule has 1 saturated heterocycles. The third-order valence-corrected chi connectivity index (χ3v) is 3.33. The summed E-state index contributed by atoms with van der Waals surface area (Å²) in [6, 6.07) is 4.13. The number of rotatable bonds is 2. The minimum atomic E-state index is -1.04. The highest BCUT2D eigenvalue weighted by atomic mass is 16.4. The summed E-state index contributed by atoms with van der Waals surface area (Å²) >= 11 is 0. The van der Waals surface area contributed by atoms with E-state index in [1.165, 1.54) is 12.5 Å². The first-order valence-corrected chi connectivity index (χ1v) is 5.95. The second-order valence-electron chi connectivity index (χ2n) is 4.62. The number of aromatic carboxylic acids is 1. The van der Waals surface area contributed by atoms with Gasteiger partial charge in [-0.1, -0.05) is 0 Å². The fourth-order valence-corrected chi connectivity index (χ4v) is 2.45. The Bertz CT molecular complexity index is 395. The van der Waals surface area contributed by atoms with E-state index in [2.05, 4.69) is 28.9 Å². The van der Waals surface area contributed by atoms with Gasteiger partial charge in [-0.25, -0.2) is 4.79 Å². The average Bonchev–Trinajstić information content (AvgIpc) is 2.29. The first kappa shape index (κ1) is 11.8. The number of carboxylic acid groups (broad SMARTS) is 1. The maximum atomic E-state index is 10.7. The summed E-state index contributed by atoms with van der Waals surface area (Å²) in [5, 5.41) is 16.5. The highest BCUT2D eigenvalue weighted by Crippen LogP contribution is 2.27. The molecule has 1 N–H and O–H groups in total. The Hall–Kier alpha value is -1.65. The highest BCUT2D eigenvalue weighted by molar-refractivity contribution is 5.85. The Kier molecular flexibility index (Phi) is 3.26. The van der Waals surface area contributed by atoms with Crippen LogP contribution in [0.25, 0.3) is 0 Å². The largest absolute Gasteiger partial charge is 0.476 e. The van der Waals surface area contributed by atoms with E-state index in [1.807, 2.05) is 0 Å². The minimum Gasteiger partial charge on any atom is -0.476 e. The van der Waals surface area contributed by atoms with Crippen molar-refractivity contribution in [2.24, 2.45) is 0 Å². The molecule has 17 heavy (non-hydrogen) atoms. The van der Waals surface area contributed by atoms with Crippen molar-refractivity contribution in [2.45, 2.75) is 45.2 Å². The van der Waals surface area contributed by atoms with Crippen LogP contribution < -0.4 is 4.90 Å². The number of carboxylic acids is 1. The molecule has 1 aromatic heterocycles. The number of nitrogens with zero attached hydrogens (tertiary/aromatic N) is 3. The second-order valence-corrected chi connectivity index (χ2v) is 4.62. The molecular formula is C12H17N3O2. The molecule has 1 aromatic rings. The summed E-state index contributed by atoms with van der Waals surface area (Å²) in [4.78, 5) is 12.9. The van der Waals surface area contributed by atoms with E-state index in [1.54, 1.807) is 6.07 Å². The first-order chi connectivity index (χ1) is 8.09. The molecule has 2 rings (SSSR count). The number of carbonyl (C=O) groups is 1. The Morgan fingerprint density at radius 3 is 2.41 bits per heavy atom. The normalized spacial score (nSPS) is 24.7. The van der Waals surface area contributed by atoms with Crippen LogP contribution in [0.3, 0.4) is 0 Å². The van der Waals surface area contributed by atoms with Crippen molar-refractivity contribution in [3.8, 4) is 0 Å². The molecule has 0 unspecified atom stereocenters. The van der Waals surface area contributed by atoms with Crippen molar-refractivity contribution in [1.29, 1.82) is 0 Å². The van der Waals surface area contributed by atoms with E-state index < -0.39 is 5.97 Å². The molecule has 1 aliphatic rings. The van der Waals surface area contributed by atoms with Gasteiger partial charge < -0.3 is 10.0 Å². The number of hydrogen-bond acceptors (Lipinski definition) is 4. The van der Waals surface area contributed by atoms with E-state index in [-0.39, 0.29) is 5.69 Å². The molecule has 92 valence electrons. The fourth-order valence-electron chi connectivity index (χ4n) is 2.45. The predicted octanol–water partition coefficient (Wildman–Crippen LogP) is 1.94. The van der Waals surface area contributed by atoms with Crippen LogP contribution in [0, 0.1) is 0 Å². The van der Waals surface area contributed by atoms with Crippen LogP contribution in [0.4, 0.5) is 5.82 Å². The molecule has 0 spiro atoms. The van der Waals surface area contributed by atoms with E-state index >= 15 is 0 Å². The summed E-state index contributed by atoms with van der Waals surface area (Å²) in [6.07, 6.45) is 3.53. The van der Waals surface area contributed by atoms with E-state index in [0.29, 0.717) is 12.1 Å². The number of hydrogen-bond donors (Lipinski definition) is 1. The molecule has 0 saturated carbocycles. The SMILES string of the molecule is C[C@@H]1CCC[C@@H](C)N1c1ccc(C(=O)O)nn1. The fraction of sp³-hybridized carbons (Fsp3) is 0.583. The molecule has 5 heteroatoms. The van der Waals surface area contributed by atoms with E-state index in [9.17, 15) is 4.79 Å². The Morgan fingerprint density at radius 1 is 1.29 bits per heavy atom. The third kappa shape index (κ3) is 2.38. The van der Waals surface area contributed by atoms with Crippen LogP contribution in [0.1, 0.15) is 43.6 Å². The molecule has 2 heterocycles.